The first kappa shape index (κ1) is 19.9. The van der Waals surface area contributed by atoms with Gasteiger partial charge in [0.25, 0.3) is 0 Å². The third kappa shape index (κ3) is 4.51. The van der Waals surface area contributed by atoms with Gasteiger partial charge >= 0.3 is 5.97 Å². The highest BCUT2D eigenvalue weighted by Gasteiger charge is 2.28. The van der Waals surface area contributed by atoms with E-state index in [4.69, 9.17) is 9.47 Å². The van der Waals surface area contributed by atoms with Crippen LogP contribution >= 0.6 is 0 Å². The Kier molecular flexibility index (Phi) is 6.31. The number of aryl methyl sites for hydroxylation is 1. The highest BCUT2D eigenvalue weighted by atomic mass is 16.5. The number of ether oxygens (including phenoxy) is 2. The van der Waals surface area contributed by atoms with Crippen molar-refractivity contribution in [1.82, 2.24) is 4.90 Å². The fourth-order valence-electron chi connectivity index (χ4n) is 3.62. The molecule has 6 nitrogen and oxygen atoms in total. The first-order chi connectivity index (χ1) is 13.5. The molecule has 1 aliphatic rings. The van der Waals surface area contributed by atoms with Crippen molar-refractivity contribution in [2.75, 3.05) is 32.6 Å². The molecule has 1 fully saturated rings. The molecule has 1 aliphatic heterocycles. The average molecular weight is 382 g/mol. The minimum atomic E-state index is -0.423. The molecule has 0 bridgehead atoms. The highest BCUT2D eigenvalue weighted by Crippen LogP contribution is 2.33. The third-order valence-corrected chi connectivity index (χ3v) is 5.12. The fourth-order valence-corrected chi connectivity index (χ4v) is 3.62. The van der Waals surface area contributed by atoms with Crippen molar-refractivity contribution in [3.05, 3.63) is 59.2 Å². The fraction of sp³-hybridized carbons (Fsp3) is 0.364. The maximum absolute atomic E-state index is 12.7. The maximum Gasteiger partial charge on any atom is 0.337 e. The molecule has 2 aromatic carbocycles. The number of amides is 1. The van der Waals surface area contributed by atoms with Gasteiger partial charge in [-0.05, 0) is 61.7 Å². The van der Waals surface area contributed by atoms with Crippen LogP contribution in [0.15, 0.2) is 42.5 Å². The van der Waals surface area contributed by atoms with Gasteiger partial charge in [-0.3, -0.25) is 9.69 Å². The molecule has 1 N–H and O–H groups in total. The zero-order chi connectivity index (χ0) is 20.1. The monoisotopic (exact) mass is 382 g/mol. The lowest BCUT2D eigenvalue weighted by molar-refractivity contribution is -0.117. The van der Waals surface area contributed by atoms with Crippen molar-refractivity contribution in [2.24, 2.45) is 0 Å². The van der Waals surface area contributed by atoms with Gasteiger partial charge < -0.3 is 14.8 Å². The van der Waals surface area contributed by atoms with E-state index in [-0.39, 0.29) is 11.9 Å². The van der Waals surface area contributed by atoms with Gasteiger partial charge in [-0.2, -0.15) is 0 Å². The van der Waals surface area contributed by atoms with Gasteiger partial charge in [0.2, 0.25) is 5.91 Å². The van der Waals surface area contributed by atoms with E-state index in [9.17, 15) is 9.59 Å². The number of nitrogens with zero attached hydrogens (tertiary/aromatic N) is 1. The smallest absolute Gasteiger partial charge is 0.337 e. The zero-order valence-electron chi connectivity index (χ0n) is 16.5. The molecule has 1 unspecified atom stereocenters. The second-order valence-electron chi connectivity index (χ2n) is 6.97. The van der Waals surface area contributed by atoms with Crippen LogP contribution in [0.25, 0.3) is 0 Å². The Labute approximate surface area is 165 Å². The molecule has 3 rings (SSSR count). The molecule has 0 spiro atoms. The molecule has 0 saturated carbocycles. The number of likely N-dealkylation sites (tertiary alicyclic amines) is 1. The Hall–Kier alpha value is -2.86. The second-order valence-corrected chi connectivity index (χ2v) is 6.97. The van der Waals surface area contributed by atoms with E-state index in [0.717, 1.165) is 36.3 Å². The van der Waals surface area contributed by atoms with Gasteiger partial charge in [0.1, 0.15) is 5.75 Å². The minimum absolute atomic E-state index is 0.0973. The molecular weight excluding hydrogens is 356 g/mol. The van der Waals surface area contributed by atoms with Crippen LogP contribution in [-0.2, 0) is 9.53 Å². The van der Waals surface area contributed by atoms with Gasteiger partial charge in [-0.1, -0.05) is 18.2 Å². The number of carbonyl (C=O) groups is 2. The predicted octanol–water partition coefficient (Wildman–Crippen LogP) is 3.57. The first-order valence-electron chi connectivity index (χ1n) is 9.38. The van der Waals surface area contributed by atoms with E-state index >= 15 is 0 Å². The summed E-state index contributed by atoms with van der Waals surface area (Å²) in [5.74, 6) is 0.303. The molecule has 0 aromatic heterocycles. The van der Waals surface area contributed by atoms with Crippen molar-refractivity contribution < 1.29 is 19.1 Å². The third-order valence-electron chi connectivity index (χ3n) is 5.12. The number of hydrogen-bond donors (Lipinski definition) is 1. The van der Waals surface area contributed by atoms with E-state index in [0.29, 0.717) is 17.8 Å². The van der Waals surface area contributed by atoms with Gasteiger partial charge in [-0.15, -0.1) is 0 Å². The number of anilines is 1. The van der Waals surface area contributed by atoms with Crippen LogP contribution in [0.4, 0.5) is 5.69 Å². The van der Waals surface area contributed by atoms with E-state index in [1.54, 1.807) is 25.3 Å². The number of esters is 1. The first-order valence-corrected chi connectivity index (χ1v) is 9.38. The number of carbonyl (C=O) groups excluding carboxylic acids is 2. The van der Waals surface area contributed by atoms with Crippen LogP contribution in [0.2, 0.25) is 0 Å². The molecule has 1 atom stereocenters. The Morgan fingerprint density at radius 3 is 2.75 bits per heavy atom. The average Bonchev–Trinajstić information content (AvgIpc) is 3.17. The summed E-state index contributed by atoms with van der Waals surface area (Å²) in [4.78, 5) is 26.6. The van der Waals surface area contributed by atoms with E-state index in [1.807, 2.05) is 25.1 Å². The number of benzene rings is 2. The second kappa shape index (κ2) is 8.89. The van der Waals surface area contributed by atoms with Crippen molar-refractivity contribution in [1.29, 1.82) is 0 Å². The minimum Gasteiger partial charge on any atom is -0.497 e. The predicted molar refractivity (Wildman–Crippen MR) is 108 cm³/mol. The Morgan fingerprint density at radius 2 is 2.00 bits per heavy atom. The maximum atomic E-state index is 12.7. The zero-order valence-corrected chi connectivity index (χ0v) is 16.5. The summed E-state index contributed by atoms with van der Waals surface area (Å²) in [5.41, 5.74) is 3.10. The molecule has 148 valence electrons. The summed E-state index contributed by atoms with van der Waals surface area (Å²) in [6.07, 6.45) is 2.06. The van der Waals surface area contributed by atoms with Gasteiger partial charge in [-0.25, -0.2) is 4.79 Å². The molecule has 6 heteroatoms. The number of nitrogens with one attached hydrogen (secondary N) is 1. The van der Waals surface area contributed by atoms with E-state index in [1.165, 1.54) is 7.11 Å². The molecule has 2 aromatic rings. The Bertz CT molecular complexity index is 865. The largest absolute Gasteiger partial charge is 0.497 e. The van der Waals surface area contributed by atoms with Crippen molar-refractivity contribution in [3.63, 3.8) is 0 Å². The van der Waals surface area contributed by atoms with Crippen molar-refractivity contribution >= 4 is 17.6 Å². The summed E-state index contributed by atoms with van der Waals surface area (Å²) < 4.78 is 10.1. The summed E-state index contributed by atoms with van der Waals surface area (Å²) in [6, 6.07) is 13.4. The van der Waals surface area contributed by atoms with E-state index in [2.05, 4.69) is 16.3 Å². The van der Waals surface area contributed by atoms with Crippen molar-refractivity contribution in [2.45, 2.75) is 25.8 Å². The molecule has 1 amide bonds. The number of methoxy groups -OCH3 is 2. The van der Waals surface area contributed by atoms with Crippen LogP contribution in [0.1, 0.15) is 40.4 Å². The number of hydrogen-bond acceptors (Lipinski definition) is 5. The van der Waals surface area contributed by atoms with Gasteiger partial charge in [0.05, 0.1) is 26.3 Å². The van der Waals surface area contributed by atoms with Gasteiger partial charge in [0.15, 0.2) is 0 Å². The molecule has 0 radical (unpaired) electrons. The SMILES string of the molecule is COC(=O)c1ccc(C)c(NC(=O)CN2CCCC2c2cccc(OC)c2)c1. The lowest BCUT2D eigenvalue weighted by Crippen LogP contribution is -2.33. The summed E-state index contributed by atoms with van der Waals surface area (Å²) in [6.45, 7) is 3.06. The molecule has 28 heavy (non-hydrogen) atoms. The van der Waals surface area contributed by atoms with Crippen LogP contribution in [0, 0.1) is 6.92 Å². The van der Waals surface area contributed by atoms with E-state index < -0.39 is 5.97 Å². The molecule has 1 heterocycles. The Morgan fingerprint density at radius 1 is 1.18 bits per heavy atom. The quantitative estimate of drug-likeness (QED) is 0.774. The molecule has 1 saturated heterocycles. The van der Waals surface area contributed by atoms with Crippen LogP contribution in [0.5, 0.6) is 5.75 Å². The van der Waals surface area contributed by atoms with Crippen LogP contribution in [0.3, 0.4) is 0 Å². The summed E-state index contributed by atoms with van der Waals surface area (Å²) >= 11 is 0. The normalized spacial score (nSPS) is 16.6. The Balaban J connectivity index is 1.69. The lowest BCUT2D eigenvalue weighted by Gasteiger charge is -2.24. The van der Waals surface area contributed by atoms with Crippen molar-refractivity contribution in [3.8, 4) is 5.75 Å². The summed E-state index contributed by atoms with van der Waals surface area (Å²) in [7, 11) is 3.00. The molecular formula is C22H26N2O4. The lowest BCUT2D eigenvalue weighted by atomic mass is 10.0. The van der Waals surface area contributed by atoms with Crippen LogP contribution in [-0.4, -0.2) is 44.1 Å². The van der Waals surface area contributed by atoms with Gasteiger partial charge in [0, 0.05) is 11.7 Å². The standard InChI is InChI=1S/C22H26N2O4/c1-15-9-10-17(22(26)28-3)13-19(15)23-21(25)14-24-11-5-8-20(24)16-6-4-7-18(12-16)27-2/h4,6-7,9-10,12-13,20H,5,8,11,14H2,1-3H3,(H,23,25). The van der Waals surface area contributed by atoms with Crippen LogP contribution < -0.4 is 10.1 Å². The summed E-state index contributed by atoms with van der Waals surface area (Å²) in [5, 5.41) is 2.94. The molecule has 0 aliphatic carbocycles. The topological polar surface area (TPSA) is 67.9 Å². The number of rotatable bonds is 6. The highest BCUT2D eigenvalue weighted by molar-refractivity contribution is 5.96.